The fourth-order valence-electron chi connectivity index (χ4n) is 4.74. The van der Waals surface area contributed by atoms with Crippen molar-refractivity contribution in [2.24, 2.45) is 0 Å². The second kappa shape index (κ2) is 11.9. The predicted molar refractivity (Wildman–Crippen MR) is 134 cm³/mol. The van der Waals surface area contributed by atoms with Crippen LogP contribution in [-0.2, 0) is 11.3 Å². The molecule has 0 heterocycles. The van der Waals surface area contributed by atoms with Gasteiger partial charge in [0.25, 0.3) is 0 Å². The van der Waals surface area contributed by atoms with Gasteiger partial charge in [-0.3, -0.25) is 0 Å². The number of benzene rings is 3. The SMILES string of the molecule is C=CCOc1ccc(C2CCC(OCc3ccc(-c4ccc(C(C)O)cc4)c(F)c3F)CC2)c(F)c1F. The summed E-state index contributed by atoms with van der Waals surface area (Å²) < 4.78 is 69.6. The van der Waals surface area contributed by atoms with E-state index in [2.05, 4.69) is 6.58 Å². The number of hydrogen-bond acceptors (Lipinski definition) is 3. The zero-order chi connectivity index (χ0) is 26.5. The van der Waals surface area contributed by atoms with Crippen LogP contribution >= 0.6 is 0 Å². The van der Waals surface area contributed by atoms with Crippen molar-refractivity contribution >= 4 is 0 Å². The molecule has 0 spiro atoms. The van der Waals surface area contributed by atoms with Crippen molar-refractivity contribution in [2.75, 3.05) is 6.61 Å². The first-order valence-corrected chi connectivity index (χ1v) is 12.4. The van der Waals surface area contributed by atoms with Crippen LogP contribution in [0, 0.1) is 23.3 Å². The molecule has 0 radical (unpaired) electrons. The first-order chi connectivity index (χ1) is 17.8. The van der Waals surface area contributed by atoms with Gasteiger partial charge in [-0.2, -0.15) is 4.39 Å². The third kappa shape index (κ3) is 6.05. The van der Waals surface area contributed by atoms with E-state index in [1.54, 1.807) is 37.3 Å². The van der Waals surface area contributed by atoms with Crippen LogP contribution in [0.2, 0.25) is 0 Å². The molecule has 3 aromatic carbocycles. The normalized spacial score (nSPS) is 18.4. The molecule has 1 N–H and O–H groups in total. The summed E-state index contributed by atoms with van der Waals surface area (Å²) >= 11 is 0. The standard InChI is InChI=1S/C30H30F4O3/c1-3-16-36-26-15-14-25(29(33)30(26)34)21-8-11-23(12-9-21)37-17-22-10-13-24(28(32)27(22)31)20-6-4-19(5-7-20)18(2)35/h3-7,10,13-15,18,21,23,35H,1,8-9,11-12,16-17H2,2H3. The van der Waals surface area contributed by atoms with Gasteiger partial charge in [0.15, 0.2) is 23.2 Å². The lowest BCUT2D eigenvalue weighted by molar-refractivity contribution is 0.0116. The maximum atomic E-state index is 14.8. The van der Waals surface area contributed by atoms with E-state index in [1.165, 1.54) is 24.3 Å². The van der Waals surface area contributed by atoms with Crippen LogP contribution in [0.3, 0.4) is 0 Å². The first-order valence-electron chi connectivity index (χ1n) is 12.4. The van der Waals surface area contributed by atoms with Crippen LogP contribution in [-0.4, -0.2) is 17.8 Å². The van der Waals surface area contributed by atoms with Gasteiger partial charge in [0.2, 0.25) is 5.82 Å². The Morgan fingerprint density at radius 3 is 2.24 bits per heavy atom. The highest BCUT2D eigenvalue weighted by atomic mass is 19.2. The quantitative estimate of drug-likeness (QED) is 0.234. The van der Waals surface area contributed by atoms with Crippen LogP contribution in [0.1, 0.15) is 61.3 Å². The van der Waals surface area contributed by atoms with Crippen LogP contribution in [0.4, 0.5) is 17.6 Å². The molecule has 0 amide bonds. The number of aliphatic hydroxyl groups is 1. The number of halogens is 4. The monoisotopic (exact) mass is 514 g/mol. The van der Waals surface area contributed by atoms with E-state index >= 15 is 0 Å². The van der Waals surface area contributed by atoms with Gasteiger partial charge in [-0.1, -0.05) is 55.1 Å². The van der Waals surface area contributed by atoms with E-state index in [-0.39, 0.29) is 42.1 Å². The third-order valence-corrected chi connectivity index (χ3v) is 6.89. The molecule has 3 nitrogen and oxygen atoms in total. The molecule has 3 aromatic rings. The van der Waals surface area contributed by atoms with Crippen molar-refractivity contribution in [3.63, 3.8) is 0 Å². The molecule has 0 aliphatic heterocycles. The topological polar surface area (TPSA) is 38.7 Å². The van der Waals surface area contributed by atoms with E-state index in [9.17, 15) is 22.7 Å². The average Bonchev–Trinajstić information content (AvgIpc) is 2.91. The maximum Gasteiger partial charge on any atom is 0.200 e. The number of hydrogen-bond donors (Lipinski definition) is 1. The first kappa shape index (κ1) is 26.9. The minimum atomic E-state index is -1.00. The van der Waals surface area contributed by atoms with Crippen LogP contribution in [0.25, 0.3) is 11.1 Å². The van der Waals surface area contributed by atoms with E-state index < -0.39 is 29.4 Å². The lowest BCUT2D eigenvalue weighted by Crippen LogP contribution is -2.21. The van der Waals surface area contributed by atoms with Crippen LogP contribution in [0.15, 0.2) is 61.2 Å². The molecule has 0 bridgehead atoms. The number of rotatable bonds is 9. The van der Waals surface area contributed by atoms with Crippen LogP contribution < -0.4 is 4.74 Å². The fraction of sp³-hybridized carbons (Fsp3) is 0.333. The summed E-state index contributed by atoms with van der Waals surface area (Å²) in [5, 5.41) is 9.63. The number of aliphatic hydroxyl groups excluding tert-OH is 1. The van der Waals surface area contributed by atoms with Crippen molar-refractivity contribution in [3.8, 4) is 16.9 Å². The minimum absolute atomic E-state index is 0.0857. The highest BCUT2D eigenvalue weighted by molar-refractivity contribution is 5.65. The molecule has 1 aliphatic carbocycles. The Kier molecular flexibility index (Phi) is 8.67. The Labute approximate surface area is 214 Å². The molecule has 196 valence electrons. The second-order valence-electron chi connectivity index (χ2n) is 9.36. The highest BCUT2D eigenvalue weighted by Gasteiger charge is 2.27. The van der Waals surface area contributed by atoms with Gasteiger partial charge < -0.3 is 14.6 Å². The van der Waals surface area contributed by atoms with Crippen molar-refractivity contribution in [1.82, 2.24) is 0 Å². The van der Waals surface area contributed by atoms with Crippen molar-refractivity contribution in [2.45, 2.75) is 57.3 Å². The van der Waals surface area contributed by atoms with E-state index in [0.717, 1.165) is 0 Å². The summed E-state index contributed by atoms with van der Waals surface area (Å²) in [4.78, 5) is 0. The summed E-state index contributed by atoms with van der Waals surface area (Å²) in [5.74, 6) is -4.11. The highest BCUT2D eigenvalue weighted by Crippen LogP contribution is 2.38. The Morgan fingerprint density at radius 2 is 1.59 bits per heavy atom. The Morgan fingerprint density at radius 1 is 0.892 bits per heavy atom. The van der Waals surface area contributed by atoms with Gasteiger partial charge in [-0.05, 0) is 61.3 Å². The number of ether oxygens (including phenoxy) is 2. The van der Waals surface area contributed by atoms with Gasteiger partial charge in [0.05, 0.1) is 18.8 Å². The molecule has 0 saturated heterocycles. The summed E-state index contributed by atoms with van der Waals surface area (Å²) in [7, 11) is 0. The van der Waals surface area contributed by atoms with Gasteiger partial charge in [-0.25, -0.2) is 13.2 Å². The van der Waals surface area contributed by atoms with Gasteiger partial charge in [-0.15, -0.1) is 0 Å². The molecule has 0 aromatic heterocycles. The second-order valence-corrected chi connectivity index (χ2v) is 9.36. The van der Waals surface area contributed by atoms with E-state index in [4.69, 9.17) is 9.47 Å². The molecule has 1 unspecified atom stereocenters. The zero-order valence-electron chi connectivity index (χ0n) is 20.7. The Bertz CT molecular complexity index is 1230. The molecule has 4 rings (SSSR count). The van der Waals surface area contributed by atoms with Crippen molar-refractivity contribution < 1.29 is 32.1 Å². The fourth-order valence-corrected chi connectivity index (χ4v) is 4.74. The van der Waals surface area contributed by atoms with E-state index in [1.807, 2.05) is 0 Å². The summed E-state index contributed by atoms with van der Waals surface area (Å²) in [5.41, 5.74) is 1.76. The summed E-state index contributed by atoms with van der Waals surface area (Å²) in [6.45, 7) is 5.13. The molecular weight excluding hydrogens is 484 g/mol. The molecule has 37 heavy (non-hydrogen) atoms. The predicted octanol–water partition coefficient (Wildman–Crippen LogP) is 7.77. The Hall–Kier alpha value is -3.16. The smallest absolute Gasteiger partial charge is 0.200 e. The summed E-state index contributed by atoms with van der Waals surface area (Å²) in [6.07, 6.45) is 3.00. The zero-order valence-corrected chi connectivity index (χ0v) is 20.7. The molecule has 1 aliphatic rings. The third-order valence-electron chi connectivity index (χ3n) is 6.89. The maximum absolute atomic E-state index is 14.8. The molecule has 1 atom stereocenters. The lowest BCUT2D eigenvalue weighted by atomic mass is 9.82. The average molecular weight is 515 g/mol. The van der Waals surface area contributed by atoms with Gasteiger partial charge >= 0.3 is 0 Å². The van der Waals surface area contributed by atoms with Crippen LogP contribution in [0.5, 0.6) is 5.75 Å². The molecule has 1 fully saturated rings. The lowest BCUT2D eigenvalue weighted by Gasteiger charge is -2.29. The molecule has 7 heteroatoms. The minimum Gasteiger partial charge on any atom is -0.486 e. The van der Waals surface area contributed by atoms with Gasteiger partial charge in [0.1, 0.15) is 6.61 Å². The van der Waals surface area contributed by atoms with Gasteiger partial charge in [0, 0.05) is 11.1 Å². The molecule has 1 saturated carbocycles. The summed E-state index contributed by atoms with van der Waals surface area (Å²) in [6, 6.07) is 12.7. The van der Waals surface area contributed by atoms with Crippen molar-refractivity contribution in [3.05, 3.63) is 101 Å². The largest absolute Gasteiger partial charge is 0.486 e. The molecular formula is C30H30F4O3. The van der Waals surface area contributed by atoms with E-state index in [0.29, 0.717) is 42.4 Å². The van der Waals surface area contributed by atoms with Crippen molar-refractivity contribution in [1.29, 1.82) is 0 Å². The Balaban J connectivity index is 1.35.